The Morgan fingerprint density at radius 1 is 0.547 bits per heavy atom. The summed E-state index contributed by atoms with van der Waals surface area (Å²) in [5, 5.41) is 54.2. The van der Waals surface area contributed by atoms with Gasteiger partial charge < -0.3 is 40.3 Å². The second-order valence-corrected chi connectivity index (χ2v) is 17.6. The third kappa shape index (κ3) is 33.8. The Morgan fingerprint density at radius 3 is 1.50 bits per heavy atom. The number of hydrogen-bond acceptors (Lipinski definition) is 8. The summed E-state index contributed by atoms with van der Waals surface area (Å²) in [5.74, 6) is -0.234. The number of nitrogens with one attached hydrogen (secondary N) is 1. The quantitative estimate of drug-likeness (QED) is 0.0262. The molecular formula is C55H95NO8. The van der Waals surface area contributed by atoms with Crippen molar-refractivity contribution >= 4 is 5.91 Å². The molecule has 1 rings (SSSR count). The van der Waals surface area contributed by atoms with Crippen LogP contribution in [0.4, 0.5) is 0 Å². The number of allylic oxidation sites excluding steroid dienone is 13. The summed E-state index contributed by atoms with van der Waals surface area (Å²) in [7, 11) is 0. The van der Waals surface area contributed by atoms with Crippen LogP contribution in [0.5, 0.6) is 0 Å². The van der Waals surface area contributed by atoms with Crippen LogP contribution in [-0.4, -0.2) is 87.5 Å². The van der Waals surface area contributed by atoms with Crippen molar-refractivity contribution < 1.29 is 39.8 Å². The minimum Gasteiger partial charge on any atom is -0.394 e. The van der Waals surface area contributed by atoms with Gasteiger partial charge in [0.2, 0.25) is 5.91 Å². The van der Waals surface area contributed by atoms with Crippen LogP contribution in [0.15, 0.2) is 85.1 Å². The standard InChI is InChI=1S/C55H95NO8/c1-3-5-7-9-11-13-15-17-19-20-21-22-23-24-25-26-27-28-29-31-32-34-36-38-40-42-44-49(58)48(47-63-55-54(62)53(61)52(60)50(46-57)64-55)56-51(59)45-43-41-39-37-35-33-30-18-16-14-12-10-8-6-4-2/h6,8,12,14,18,28-30,34-37,42,44,48-50,52-55,57-58,60-62H,3-5,7,9-11,13,15-17,19-27,31-33,38-41,43,45-47H2,1-2H3,(H,56,59)/b8-6-,14-12-,29-28+,30-18-,36-34+,37-35-,44-42+. The van der Waals surface area contributed by atoms with Gasteiger partial charge in [0.1, 0.15) is 24.4 Å². The Bertz CT molecular complexity index is 1270. The smallest absolute Gasteiger partial charge is 0.220 e. The number of aliphatic hydroxyl groups is 5. The van der Waals surface area contributed by atoms with E-state index in [1.165, 1.54) is 103 Å². The number of hydrogen-bond donors (Lipinski definition) is 6. The third-order valence-corrected chi connectivity index (χ3v) is 11.7. The average Bonchev–Trinajstić information content (AvgIpc) is 3.29. The molecule has 0 radical (unpaired) electrons. The predicted octanol–water partition coefficient (Wildman–Crippen LogP) is 11.9. The molecule has 368 valence electrons. The van der Waals surface area contributed by atoms with Gasteiger partial charge in [0.05, 0.1) is 25.4 Å². The maximum Gasteiger partial charge on any atom is 0.220 e. The van der Waals surface area contributed by atoms with E-state index < -0.39 is 49.5 Å². The van der Waals surface area contributed by atoms with E-state index in [2.05, 4.69) is 92.1 Å². The molecule has 1 fully saturated rings. The molecule has 64 heavy (non-hydrogen) atoms. The average molecular weight is 898 g/mol. The molecule has 7 unspecified atom stereocenters. The Morgan fingerprint density at radius 2 is 0.984 bits per heavy atom. The summed E-state index contributed by atoms with van der Waals surface area (Å²) in [6.45, 7) is 3.61. The molecule has 1 aliphatic rings. The summed E-state index contributed by atoms with van der Waals surface area (Å²) in [4.78, 5) is 13.0. The van der Waals surface area contributed by atoms with Crippen LogP contribution in [0.2, 0.25) is 0 Å². The topological polar surface area (TPSA) is 149 Å². The second-order valence-electron chi connectivity index (χ2n) is 17.6. The summed E-state index contributed by atoms with van der Waals surface area (Å²) in [6, 6.07) is -0.855. The highest BCUT2D eigenvalue weighted by Gasteiger charge is 2.44. The van der Waals surface area contributed by atoms with E-state index >= 15 is 0 Å². The predicted molar refractivity (Wildman–Crippen MR) is 267 cm³/mol. The molecule has 1 heterocycles. The molecule has 0 aromatic carbocycles. The number of amides is 1. The summed E-state index contributed by atoms with van der Waals surface area (Å²) in [5.41, 5.74) is 0. The van der Waals surface area contributed by atoms with Gasteiger partial charge >= 0.3 is 0 Å². The van der Waals surface area contributed by atoms with Crippen molar-refractivity contribution in [2.24, 2.45) is 0 Å². The minimum atomic E-state index is -1.59. The van der Waals surface area contributed by atoms with Crippen molar-refractivity contribution in [2.75, 3.05) is 13.2 Å². The summed E-state index contributed by atoms with van der Waals surface area (Å²) < 4.78 is 11.2. The molecule has 6 N–H and O–H groups in total. The first-order valence-corrected chi connectivity index (χ1v) is 25.8. The highest BCUT2D eigenvalue weighted by Crippen LogP contribution is 2.22. The van der Waals surface area contributed by atoms with Gasteiger partial charge in [0.25, 0.3) is 0 Å². The fourth-order valence-electron chi connectivity index (χ4n) is 7.59. The lowest BCUT2D eigenvalue weighted by Gasteiger charge is -2.40. The third-order valence-electron chi connectivity index (χ3n) is 11.7. The molecule has 9 nitrogen and oxygen atoms in total. The number of carbonyl (C=O) groups excluding carboxylic acids is 1. The molecule has 0 bridgehead atoms. The van der Waals surface area contributed by atoms with Gasteiger partial charge in [-0.15, -0.1) is 0 Å². The first-order valence-electron chi connectivity index (χ1n) is 25.8. The molecule has 0 aliphatic carbocycles. The summed E-state index contributed by atoms with van der Waals surface area (Å²) in [6.07, 6.45) is 55.1. The lowest BCUT2D eigenvalue weighted by atomic mass is 9.99. The van der Waals surface area contributed by atoms with Crippen LogP contribution in [0, 0.1) is 0 Å². The highest BCUT2D eigenvalue weighted by molar-refractivity contribution is 5.76. The maximum atomic E-state index is 13.0. The number of ether oxygens (including phenoxy) is 2. The number of carbonyl (C=O) groups is 1. The number of unbranched alkanes of at least 4 members (excludes halogenated alkanes) is 20. The number of aliphatic hydroxyl groups excluding tert-OH is 5. The molecule has 7 atom stereocenters. The molecule has 1 amide bonds. The molecule has 0 saturated carbocycles. The van der Waals surface area contributed by atoms with E-state index in [9.17, 15) is 30.3 Å². The van der Waals surface area contributed by atoms with Gasteiger partial charge in [0, 0.05) is 6.42 Å². The van der Waals surface area contributed by atoms with Crippen LogP contribution in [0.25, 0.3) is 0 Å². The largest absolute Gasteiger partial charge is 0.394 e. The number of rotatable bonds is 42. The van der Waals surface area contributed by atoms with Crippen molar-refractivity contribution in [3.05, 3.63) is 85.1 Å². The lowest BCUT2D eigenvalue weighted by molar-refractivity contribution is -0.302. The molecule has 0 spiro atoms. The Kier molecular flexibility index (Phi) is 41.0. The highest BCUT2D eigenvalue weighted by atomic mass is 16.7. The van der Waals surface area contributed by atoms with Gasteiger partial charge in [-0.1, -0.05) is 195 Å². The zero-order valence-electron chi connectivity index (χ0n) is 40.5. The zero-order valence-corrected chi connectivity index (χ0v) is 40.5. The Hall–Kier alpha value is -2.63. The molecule has 0 aromatic rings. The maximum absolute atomic E-state index is 13.0. The van der Waals surface area contributed by atoms with E-state index in [1.807, 2.05) is 6.08 Å². The van der Waals surface area contributed by atoms with Crippen LogP contribution in [0.1, 0.15) is 200 Å². The summed E-state index contributed by atoms with van der Waals surface area (Å²) >= 11 is 0. The van der Waals surface area contributed by atoms with Crippen molar-refractivity contribution in [1.82, 2.24) is 5.32 Å². The van der Waals surface area contributed by atoms with E-state index in [0.717, 1.165) is 64.2 Å². The second kappa shape index (κ2) is 44.2. The van der Waals surface area contributed by atoms with Crippen LogP contribution >= 0.6 is 0 Å². The van der Waals surface area contributed by atoms with Crippen molar-refractivity contribution in [2.45, 2.75) is 243 Å². The fraction of sp³-hybridized carbons (Fsp3) is 0.727. The monoisotopic (exact) mass is 898 g/mol. The van der Waals surface area contributed by atoms with Crippen LogP contribution in [0.3, 0.4) is 0 Å². The van der Waals surface area contributed by atoms with Gasteiger partial charge in [-0.05, 0) is 83.5 Å². The van der Waals surface area contributed by atoms with Crippen LogP contribution < -0.4 is 5.32 Å². The molecule has 0 aromatic heterocycles. The minimum absolute atomic E-state index is 0.227. The van der Waals surface area contributed by atoms with Gasteiger partial charge in [-0.3, -0.25) is 4.79 Å². The molecule has 9 heteroatoms. The first-order chi connectivity index (χ1) is 31.3. The van der Waals surface area contributed by atoms with Gasteiger partial charge in [-0.2, -0.15) is 0 Å². The zero-order chi connectivity index (χ0) is 46.6. The van der Waals surface area contributed by atoms with E-state index in [0.29, 0.717) is 12.8 Å². The lowest BCUT2D eigenvalue weighted by Crippen LogP contribution is -2.60. The Balaban J connectivity index is 2.33. The van der Waals surface area contributed by atoms with Crippen molar-refractivity contribution in [1.29, 1.82) is 0 Å². The molecule has 1 saturated heterocycles. The normalized spacial score (nSPS) is 20.8. The van der Waals surface area contributed by atoms with E-state index in [1.54, 1.807) is 6.08 Å². The Labute approximate surface area is 391 Å². The molecule has 1 aliphatic heterocycles. The fourth-order valence-corrected chi connectivity index (χ4v) is 7.59. The van der Waals surface area contributed by atoms with E-state index in [-0.39, 0.29) is 18.9 Å². The van der Waals surface area contributed by atoms with Gasteiger partial charge in [-0.25, -0.2) is 0 Å². The first kappa shape index (κ1) is 59.4. The van der Waals surface area contributed by atoms with Crippen LogP contribution in [-0.2, 0) is 14.3 Å². The SMILES string of the molecule is CC/C=C\C/C=C\C/C=C\C/C=C\CCCCC(=O)NC(COC1OC(CO)C(O)C(O)C1O)C(O)/C=C/CC/C=C/CC/C=C/CCCCCCCCCCCCCCCCCC. The van der Waals surface area contributed by atoms with Crippen molar-refractivity contribution in [3.8, 4) is 0 Å². The van der Waals surface area contributed by atoms with Gasteiger partial charge in [0.15, 0.2) is 6.29 Å². The van der Waals surface area contributed by atoms with Crippen molar-refractivity contribution in [3.63, 3.8) is 0 Å². The molecular weight excluding hydrogens is 803 g/mol. The van der Waals surface area contributed by atoms with E-state index in [4.69, 9.17) is 9.47 Å².